The van der Waals surface area contributed by atoms with Crippen LogP contribution in [0.4, 0.5) is 18.0 Å². The fraction of sp³-hybridized carbons (Fsp3) is 0.667. The van der Waals surface area contributed by atoms with E-state index in [1.165, 1.54) is 0 Å². The highest BCUT2D eigenvalue weighted by atomic mass is 19.4. The lowest BCUT2D eigenvalue weighted by atomic mass is 9.80. The number of aromatic nitrogens is 1. The van der Waals surface area contributed by atoms with Gasteiger partial charge < -0.3 is 15.0 Å². The van der Waals surface area contributed by atoms with E-state index in [2.05, 4.69) is 10.3 Å². The summed E-state index contributed by atoms with van der Waals surface area (Å²) in [7, 11) is 0. The Bertz CT molecular complexity index is 770. The monoisotopic (exact) mass is 425 g/mol. The number of carbonyl (C=O) groups excluding carboxylic acids is 2. The molecule has 30 heavy (non-hydrogen) atoms. The van der Waals surface area contributed by atoms with E-state index in [9.17, 15) is 22.8 Å². The molecule has 2 amide bonds. The number of amides is 2. The summed E-state index contributed by atoms with van der Waals surface area (Å²) in [4.78, 5) is 29.6. The Balaban J connectivity index is 1.21. The van der Waals surface area contributed by atoms with Crippen molar-refractivity contribution in [2.24, 2.45) is 5.92 Å². The van der Waals surface area contributed by atoms with Crippen LogP contribution in [-0.4, -0.2) is 53.8 Å². The molecule has 1 aliphatic carbocycles. The molecule has 0 aromatic carbocycles. The van der Waals surface area contributed by atoms with Gasteiger partial charge in [-0.25, -0.2) is 4.79 Å². The molecule has 6 nitrogen and oxygen atoms in total. The highest BCUT2D eigenvalue weighted by molar-refractivity contribution is 5.77. The van der Waals surface area contributed by atoms with Crippen molar-refractivity contribution in [2.45, 2.75) is 62.6 Å². The summed E-state index contributed by atoms with van der Waals surface area (Å²) in [6.07, 6.45) is -0.374. The molecule has 2 aliphatic heterocycles. The van der Waals surface area contributed by atoms with E-state index < -0.39 is 18.2 Å². The quantitative estimate of drug-likeness (QED) is 0.780. The number of ether oxygens (including phenoxy) is 1. The second kappa shape index (κ2) is 8.43. The molecule has 1 aromatic rings. The molecule has 9 heteroatoms. The van der Waals surface area contributed by atoms with Gasteiger partial charge in [0.05, 0.1) is 12.0 Å². The van der Waals surface area contributed by atoms with Gasteiger partial charge in [0, 0.05) is 43.2 Å². The Kier molecular flexibility index (Phi) is 5.88. The first-order valence-electron chi connectivity index (χ1n) is 10.5. The summed E-state index contributed by atoms with van der Waals surface area (Å²) in [5.41, 5.74) is 1.93. The van der Waals surface area contributed by atoms with Crippen LogP contribution in [0.2, 0.25) is 0 Å². The maximum Gasteiger partial charge on any atom is 0.407 e. The van der Waals surface area contributed by atoms with Gasteiger partial charge in [0.2, 0.25) is 5.91 Å². The summed E-state index contributed by atoms with van der Waals surface area (Å²) >= 11 is 0. The number of nitrogens with zero attached hydrogens (tertiary/aromatic N) is 2. The Morgan fingerprint density at radius 2 is 1.90 bits per heavy atom. The van der Waals surface area contributed by atoms with Crippen molar-refractivity contribution >= 4 is 12.0 Å². The van der Waals surface area contributed by atoms with E-state index in [0.717, 1.165) is 11.3 Å². The first-order chi connectivity index (χ1) is 14.3. The molecule has 1 N–H and O–H groups in total. The topological polar surface area (TPSA) is 71.5 Å². The van der Waals surface area contributed by atoms with Crippen LogP contribution in [-0.2, 0) is 9.53 Å². The predicted octanol–water partition coefficient (Wildman–Crippen LogP) is 3.73. The minimum atomic E-state index is -4.09. The number of halogens is 3. The lowest BCUT2D eigenvalue weighted by Crippen LogP contribution is -2.48. The van der Waals surface area contributed by atoms with E-state index in [1.807, 2.05) is 18.3 Å². The van der Waals surface area contributed by atoms with Crippen molar-refractivity contribution in [1.82, 2.24) is 15.2 Å². The lowest BCUT2D eigenvalue weighted by molar-refractivity contribution is -0.182. The Morgan fingerprint density at radius 1 is 1.17 bits per heavy atom. The highest BCUT2D eigenvalue weighted by Crippen LogP contribution is 2.42. The number of carbonyl (C=O) groups is 2. The number of nitrogens with one attached hydrogen (secondary N) is 1. The molecule has 1 saturated carbocycles. The number of rotatable bonds is 5. The van der Waals surface area contributed by atoms with E-state index >= 15 is 0 Å². The van der Waals surface area contributed by atoms with Gasteiger partial charge in [-0.2, -0.15) is 13.2 Å². The standard InChI is InChI=1S/C21H26F3N3O3/c22-21(23,24)16-4-1-13(2-5-16)18-7-3-14(9-25-18)15-10-27(11-15)19(28)8-6-17-12-30-20(29)26-17/h3,7,9,13,15-17H,1-2,4-6,8,10-12H2,(H,26,29). The minimum Gasteiger partial charge on any atom is -0.447 e. The average Bonchev–Trinajstić information content (AvgIpc) is 3.10. The van der Waals surface area contributed by atoms with Crippen molar-refractivity contribution in [2.75, 3.05) is 19.7 Å². The van der Waals surface area contributed by atoms with Crippen molar-refractivity contribution in [3.63, 3.8) is 0 Å². The Morgan fingerprint density at radius 3 is 2.47 bits per heavy atom. The normalized spacial score (nSPS) is 27.4. The van der Waals surface area contributed by atoms with Gasteiger partial charge in [-0.1, -0.05) is 6.07 Å². The van der Waals surface area contributed by atoms with Crippen molar-refractivity contribution in [3.8, 4) is 0 Å². The summed E-state index contributed by atoms with van der Waals surface area (Å²) in [5, 5.41) is 2.66. The zero-order chi connectivity index (χ0) is 21.3. The van der Waals surface area contributed by atoms with E-state index in [1.54, 1.807) is 4.90 Å². The summed E-state index contributed by atoms with van der Waals surface area (Å²) < 4.78 is 43.3. The molecule has 1 unspecified atom stereocenters. The van der Waals surface area contributed by atoms with Gasteiger partial charge in [-0.15, -0.1) is 0 Å². The first kappa shape index (κ1) is 20.9. The molecule has 0 bridgehead atoms. The van der Waals surface area contributed by atoms with Crippen LogP contribution in [0.1, 0.15) is 61.6 Å². The summed E-state index contributed by atoms with van der Waals surface area (Å²) in [5.74, 6) is -0.773. The van der Waals surface area contributed by atoms with Gasteiger partial charge in [0.25, 0.3) is 0 Å². The van der Waals surface area contributed by atoms with Gasteiger partial charge in [0.15, 0.2) is 0 Å². The van der Waals surface area contributed by atoms with E-state index in [-0.39, 0.29) is 36.6 Å². The molecule has 1 atom stereocenters. The van der Waals surface area contributed by atoms with E-state index in [0.29, 0.717) is 45.4 Å². The smallest absolute Gasteiger partial charge is 0.407 e. The number of alkyl halides is 3. The fourth-order valence-corrected chi connectivity index (χ4v) is 4.55. The highest BCUT2D eigenvalue weighted by Gasteiger charge is 2.41. The molecule has 0 spiro atoms. The fourth-order valence-electron chi connectivity index (χ4n) is 4.55. The zero-order valence-corrected chi connectivity index (χ0v) is 16.7. The molecular weight excluding hydrogens is 399 g/mol. The van der Waals surface area contributed by atoms with Crippen molar-refractivity contribution in [3.05, 3.63) is 29.6 Å². The first-order valence-corrected chi connectivity index (χ1v) is 10.5. The van der Waals surface area contributed by atoms with Crippen molar-refractivity contribution < 1.29 is 27.5 Å². The molecule has 2 saturated heterocycles. The van der Waals surface area contributed by atoms with Gasteiger partial charge >= 0.3 is 12.3 Å². The molecule has 0 radical (unpaired) electrons. The number of hydrogen-bond donors (Lipinski definition) is 1. The van der Waals surface area contributed by atoms with Crippen LogP contribution >= 0.6 is 0 Å². The second-order valence-corrected chi connectivity index (χ2v) is 8.58. The minimum absolute atomic E-state index is 0.0680. The molecule has 164 valence electrons. The van der Waals surface area contributed by atoms with Crippen LogP contribution in [0, 0.1) is 5.92 Å². The summed E-state index contributed by atoms with van der Waals surface area (Å²) in [6, 6.07) is 3.83. The Hall–Kier alpha value is -2.32. The maximum absolute atomic E-state index is 12.8. The molecule has 4 rings (SSSR count). The van der Waals surface area contributed by atoms with Crippen LogP contribution in [0.25, 0.3) is 0 Å². The van der Waals surface area contributed by atoms with E-state index in [4.69, 9.17) is 4.74 Å². The predicted molar refractivity (Wildman–Crippen MR) is 102 cm³/mol. The third kappa shape index (κ3) is 4.70. The zero-order valence-electron chi connectivity index (χ0n) is 16.7. The lowest BCUT2D eigenvalue weighted by Gasteiger charge is -2.39. The molecule has 3 heterocycles. The molecule has 3 fully saturated rings. The number of alkyl carbamates (subject to hydrolysis) is 1. The van der Waals surface area contributed by atoms with Gasteiger partial charge in [-0.05, 0) is 43.7 Å². The number of pyridine rings is 1. The third-order valence-electron chi connectivity index (χ3n) is 6.57. The molecule has 1 aromatic heterocycles. The number of hydrogen-bond acceptors (Lipinski definition) is 4. The van der Waals surface area contributed by atoms with Gasteiger partial charge in [0.1, 0.15) is 6.61 Å². The Labute approximate surface area is 173 Å². The SMILES string of the molecule is O=C1NC(CCC(=O)N2CC(c3ccc(C4CCC(C(F)(F)F)CC4)nc3)C2)CO1. The molecule has 3 aliphatic rings. The average molecular weight is 425 g/mol. The molecular formula is C21H26F3N3O3. The number of cyclic esters (lactones) is 1. The van der Waals surface area contributed by atoms with Crippen LogP contribution in [0.15, 0.2) is 18.3 Å². The van der Waals surface area contributed by atoms with Crippen LogP contribution in [0.3, 0.4) is 0 Å². The van der Waals surface area contributed by atoms with Crippen LogP contribution in [0.5, 0.6) is 0 Å². The van der Waals surface area contributed by atoms with Gasteiger partial charge in [-0.3, -0.25) is 9.78 Å². The number of likely N-dealkylation sites (tertiary alicyclic amines) is 1. The van der Waals surface area contributed by atoms with Crippen LogP contribution < -0.4 is 5.32 Å². The third-order valence-corrected chi connectivity index (χ3v) is 6.57. The maximum atomic E-state index is 12.8. The largest absolute Gasteiger partial charge is 0.447 e. The second-order valence-electron chi connectivity index (χ2n) is 8.58. The summed E-state index contributed by atoms with van der Waals surface area (Å²) in [6.45, 7) is 1.60. The van der Waals surface area contributed by atoms with Crippen molar-refractivity contribution in [1.29, 1.82) is 0 Å².